The normalized spacial score (nSPS) is 11.5. The highest BCUT2D eigenvalue weighted by atomic mass is 15.1. The van der Waals surface area contributed by atoms with E-state index in [9.17, 15) is 0 Å². The fourth-order valence-corrected chi connectivity index (χ4v) is 3.57. The molecule has 144 valence electrons. The molecule has 0 unspecified atom stereocenters. The van der Waals surface area contributed by atoms with Crippen LogP contribution in [0.25, 0.3) is 33.3 Å². The van der Waals surface area contributed by atoms with Crippen molar-refractivity contribution in [2.75, 3.05) is 31.5 Å². The van der Waals surface area contributed by atoms with Gasteiger partial charge in [-0.1, -0.05) is 44.2 Å². The smallest absolute Gasteiger partial charge is 0.178 e. The molecule has 28 heavy (non-hydrogen) atoms. The molecule has 0 amide bonds. The van der Waals surface area contributed by atoms with Gasteiger partial charge in [0, 0.05) is 22.8 Å². The largest absolute Gasteiger partial charge is 0.369 e. The second-order valence-electron chi connectivity index (χ2n) is 6.99. The standard InChI is InChI=1S/C23H27N5/c1-3-28(4-2)15-9-14-24-22-18-11-6-8-13-20(18)26-23(27-22)21-16-17-10-5-7-12-19(17)25-21/h5-8,10-13,16,25H,3-4,9,14-15H2,1-2H3,(H,24,26,27). The topological polar surface area (TPSA) is 56.8 Å². The Morgan fingerprint density at radius 2 is 1.75 bits per heavy atom. The number of anilines is 1. The molecule has 2 aromatic heterocycles. The Bertz CT molecular complexity index is 1030. The molecule has 0 aliphatic rings. The third kappa shape index (κ3) is 3.85. The van der Waals surface area contributed by atoms with E-state index in [0.29, 0.717) is 0 Å². The van der Waals surface area contributed by atoms with Crippen molar-refractivity contribution in [2.24, 2.45) is 0 Å². The van der Waals surface area contributed by atoms with Crippen LogP contribution in [0.1, 0.15) is 20.3 Å². The molecule has 0 saturated heterocycles. The average Bonchev–Trinajstić information content (AvgIpc) is 3.18. The predicted molar refractivity (Wildman–Crippen MR) is 118 cm³/mol. The molecule has 2 heterocycles. The molecule has 2 aromatic carbocycles. The number of aromatic amines is 1. The number of hydrogen-bond acceptors (Lipinski definition) is 4. The summed E-state index contributed by atoms with van der Waals surface area (Å²) in [5.41, 5.74) is 3.00. The van der Waals surface area contributed by atoms with E-state index in [2.05, 4.69) is 53.3 Å². The maximum Gasteiger partial charge on any atom is 0.178 e. The van der Waals surface area contributed by atoms with Crippen molar-refractivity contribution in [3.63, 3.8) is 0 Å². The zero-order valence-corrected chi connectivity index (χ0v) is 16.6. The Kier molecular flexibility index (Phi) is 5.53. The van der Waals surface area contributed by atoms with Gasteiger partial charge >= 0.3 is 0 Å². The van der Waals surface area contributed by atoms with Crippen molar-refractivity contribution < 1.29 is 0 Å². The van der Waals surface area contributed by atoms with Crippen molar-refractivity contribution in [1.82, 2.24) is 19.9 Å². The molecule has 5 nitrogen and oxygen atoms in total. The third-order valence-corrected chi connectivity index (χ3v) is 5.21. The SMILES string of the molecule is CCN(CC)CCCNc1nc(-c2cc3ccccc3[nH]2)nc2ccccc12. The molecule has 0 spiro atoms. The quantitative estimate of drug-likeness (QED) is 0.430. The van der Waals surface area contributed by atoms with Crippen molar-refractivity contribution in [2.45, 2.75) is 20.3 Å². The van der Waals surface area contributed by atoms with Crippen LogP contribution in [0.15, 0.2) is 54.6 Å². The number of nitrogens with zero attached hydrogens (tertiary/aromatic N) is 3. The molecule has 0 radical (unpaired) electrons. The number of nitrogens with one attached hydrogen (secondary N) is 2. The summed E-state index contributed by atoms with van der Waals surface area (Å²) in [6.07, 6.45) is 1.09. The average molecular weight is 374 g/mol. The van der Waals surface area contributed by atoms with Crippen LogP contribution in [-0.4, -0.2) is 46.0 Å². The van der Waals surface area contributed by atoms with E-state index < -0.39 is 0 Å². The second kappa shape index (κ2) is 8.40. The fourth-order valence-electron chi connectivity index (χ4n) is 3.57. The van der Waals surface area contributed by atoms with Gasteiger partial charge in [0.05, 0.1) is 11.2 Å². The van der Waals surface area contributed by atoms with E-state index in [1.165, 1.54) is 5.39 Å². The van der Waals surface area contributed by atoms with Gasteiger partial charge in [0.15, 0.2) is 5.82 Å². The van der Waals surface area contributed by atoms with Gasteiger partial charge in [-0.25, -0.2) is 9.97 Å². The van der Waals surface area contributed by atoms with Gasteiger partial charge in [-0.05, 0) is 50.3 Å². The first kappa shape index (κ1) is 18.4. The maximum atomic E-state index is 4.86. The first-order chi connectivity index (χ1) is 13.8. The van der Waals surface area contributed by atoms with Crippen LogP contribution in [0.4, 0.5) is 5.82 Å². The molecule has 5 heteroatoms. The molecule has 0 aliphatic carbocycles. The molecule has 4 rings (SSSR count). The zero-order valence-electron chi connectivity index (χ0n) is 16.6. The van der Waals surface area contributed by atoms with Gasteiger partial charge in [-0.15, -0.1) is 0 Å². The molecular weight excluding hydrogens is 346 g/mol. The van der Waals surface area contributed by atoms with Crippen LogP contribution in [0, 0.1) is 0 Å². The lowest BCUT2D eigenvalue weighted by atomic mass is 10.2. The summed E-state index contributed by atoms with van der Waals surface area (Å²) >= 11 is 0. The molecule has 0 atom stereocenters. The first-order valence-corrected chi connectivity index (χ1v) is 10.1. The first-order valence-electron chi connectivity index (χ1n) is 10.1. The minimum Gasteiger partial charge on any atom is -0.369 e. The molecule has 0 saturated carbocycles. The van der Waals surface area contributed by atoms with Gasteiger partial charge < -0.3 is 15.2 Å². The minimum atomic E-state index is 0.723. The predicted octanol–water partition coefficient (Wildman–Crippen LogP) is 4.92. The van der Waals surface area contributed by atoms with Gasteiger partial charge in [-0.2, -0.15) is 0 Å². The lowest BCUT2D eigenvalue weighted by molar-refractivity contribution is 0.303. The number of H-pyrrole nitrogens is 1. The number of aromatic nitrogens is 3. The summed E-state index contributed by atoms with van der Waals surface area (Å²) in [5.74, 6) is 1.62. The summed E-state index contributed by atoms with van der Waals surface area (Å²) < 4.78 is 0. The van der Waals surface area contributed by atoms with Crippen molar-refractivity contribution in [3.05, 3.63) is 54.6 Å². The van der Waals surface area contributed by atoms with E-state index in [4.69, 9.17) is 9.97 Å². The van der Waals surface area contributed by atoms with Gasteiger partial charge in [0.25, 0.3) is 0 Å². The van der Waals surface area contributed by atoms with E-state index in [1.807, 2.05) is 30.3 Å². The van der Waals surface area contributed by atoms with E-state index in [0.717, 1.165) is 66.4 Å². The van der Waals surface area contributed by atoms with E-state index in [1.54, 1.807) is 0 Å². The zero-order chi connectivity index (χ0) is 19.3. The third-order valence-electron chi connectivity index (χ3n) is 5.21. The Morgan fingerprint density at radius 3 is 2.57 bits per heavy atom. The van der Waals surface area contributed by atoms with Crippen LogP contribution in [0.5, 0.6) is 0 Å². The highest BCUT2D eigenvalue weighted by molar-refractivity contribution is 5.91. The monoisotopic (exact) mass is 373 g/mol. The fraction of sp³-hybridized carbons (Fsp3) is 0.304. The summed E-state index contributed by atoms with van der Waals surface area (Å²) in [6, 6.07) is 18.6. The van der Waals surface area contributed by atoms with Crippen molar-refractivity contribution in [1.29, 1.82) is 0 Å². The number of hydrogen-bond donors (Lipinski definition) is 2. The maximum absolute atomic E-state index is 4.86. The molecule has 2 N–H and O–H groups in total. The van der Waals surface area contributed by atoms with Crippen LogP contribution in [0.2, 0.25) is 0 Å². The Hall–Kier alpha value is -2.92. The lowest BCUT2D eigenvalue weighted by Gasteiger charge is -2.18. The van der Waals surface area contributed by atoms with Crippen molar-refractivity contribution >= 4 is 27.6 Å². The molecule has 0 bridgehead atoms. The number of para-hydroxylation sites is 2. The summed E-state index contributed by atoms with van der Waals surface area (Å²) in [4.78, 5) is 15.5. The Morgan fingerprint density at radius 1 is 0.964 bits per heavy atom. The van der Waals surface area contributed by atoms with Crippen molar-refractivity contribution in [3.8, 4) is 11.5 Å². The molecule has 0 aliphatic heterocycles. The Balaban J connectivity index is 1.62. The van der Waals surface area contributed by atoms with E-state index in [-0.39, 0.29) is 0 Å². The number of benzene rings is 2. The van der Waals surface area contributed by atoms with Gasteiger partial charge in [-0.3, -0.25) is 0 Å². The number of rotatable bonds is 8. The van der Waals surface area contributed by atoms with Gasteiger partial charge in [0.1, 0.15) is 5.82 Å². The second-order valence-corrected chi connectivity index (χ2v) is 6.99. The molecule has 0 fully saturated rings. The van der Waals surface area contributed by atoms with Crippen LogP contribution in [0.3, 0.4) is 0 Å². The van der Waals surface area contributed by atoms with Gasteiger partial charge in [0.2, 0.25) is 0 Å². The van der Waals surface area contributed by atoms with Crippen LogP contribution in [-0.2, 0) is 0 Å². The highest BCUT2D eigenvalue weighted by Gasteiger charge is 2.11. The van der Waals surface area contributed by atoms with Crippen LogP contribution < -0.4 is 5.32 Å². The minimum absolute atomic E-state index is 0.723. The van der Waals surface area contributed by atoms with Crippen LogP contribution >= 0.6 is 0 Å². The highest BCUT2D eigenvalue weighted by Crippen LogP contribution is 2.26. The summed E-state index contributed by atoms with van der Waals surface area (Å²) in [5, 5.41) is 5.77. The van der Waals surface area contributed by atoms with E-state index >= 15 is 0 Å². The molecule has 4 aromatic rings. The molecular formula is C23H27N5. The lowest BCUT2D eigenvalue weighted by Crippen LogP contribution is -2.25. The number of fused-ring (bicyclic) bond motifs is 2. The summed E-state index contributed by atoms with van der Waals surface area (Å²) in [7, 11) is 0. The Labute approximate surface area is 165 Å². The summed E-state index contributed by atoms with van der Waals surface area (Å²) in [6.45, 7) is 8.60.